The minimum absolute atomic E-state index is 0.0118. The summed E-state index contributed by atoms with van der Waals surface area (Å²) >= 11 is 1.60. The van der Waals surface area contributed by atoms with Crippen molar-refractivity contribution in [2.45, 2.75) is 18.6 Å². The summed E-state index contributed by atoms with van der Waals surface area (Å²) in [6.07, 6.45) is 4.78. The molecule has 1 aliphatic heterocycles. The molecule has 0 bridgehead atoms. The van der Waals surface area contributed by atoms with Crippen LogP contribution in [0.25, 0.3) is 6.08 Å². The maximum absolute atomic E-state index is 13.6. The molecule has 1 heterocycles. The van der Waals surface area contributed by atoms with E-state index in [1.54, 1.807) is 34.9 Å². The molecule has 1 N–H and O–H groups in total. The molecule has 158 valence electrons. The van der Waals surface area contributed by atoms with Crippen molar-refractivity contribution in [3.05, 3.63) is 77.6 Å². The predicted octanol–water partition coefficient (Wildman–Crippen LogP) is 4.13. The number of nitrogens with zero attached hydrogens (tertiary/aromatic N) is 1. The zero-order valence-corrected chi connectivity index (χ0v) is 17.7. The number of carbonyl (C=O) groups is 2. The Balaban J connectivity index is 1.32. The first-order valence-electron chi connectivity index (χ1n) is 10.2. The minimum Gasteiger partial charge on any atom is -0.355 e. The second kappa shape index (κ2) is 11.6. The number of amides is 2. The van der Waals surface area contributed by atoms with Crippen LogP contribution in [0.2, 0.25) is 0 Å². The Hall–Kier alpha value is -2.60. The van der Waals surface area contributed by atoms with Crippen LogP contribution in [0.4, 0.5) is 4.39 Å². The molecule has 1 saturated heterocycles. The highest BCUT2D eigenvalue weighted by molar-refractivity contribution is 7.98. The van der Waals surface area contributed by atoms with Gasteiger partial charge < -0.3 is 10.2 Å². The average Bonchev–Trinajstić information content (AvgIpc) is 2.79. The topological polar surface area (TPSA) is 49.4 Å². The van der Waals surface area contributed by atoms with E-state index in [0.717, 1.165) is 11.3 Å². The molecule has 2 amide bonds. The summed E-state index contributed by atoms with van der Waals surface area (Å²) in [7, 11) is 0. The number of rotatable bonds is 8. The summed E-state index contributed by atoms with van der Waals surface area (Å²) < 4.78 is 13.6. The molecule has 0 aliphatic carbocycles. The van der Waals surface area contributed by atoms with Crippen LogP contribution in [-0.4, -0.2) is 42.1 Å². The molecule has 0 aromatic heterocycles. The van der Waals surface area contributed by atoms with Gasteiger partial charge in [0.15, 0.2) is 0 Å². The van der Waals surface area contributed by atoms with Gasteiger partial charge in [0, 0.05) is 43.1 Å². The highest BCUT2D eigenvalue weighted by Crippen LogP contribution is 2.18. The Labute approximate surface area is 181 Å². The molecular formula is C24H27FN2O2S. The molecule has 2 aromatic rings. The number of hydrogen-bond acceptors (Lipinski definition) is 3. The van der Waals surface area contributed by atoms with Gasteiger partial charge in [0.1, 0.15) is 5.82 Å². The Morgan fingerprint density at radius 3 is 2.50 bits per heavy atom. The van der Waals surface area contributed by atoms with Crippen molar-refractivity contribution in [1.29, 1.82) is 0 Å². The van der Waals surface area contributed by atoms with Crippen LogP contribution in [0.15, 0.2) is 60.7 Å². The summed E-state index contributed by atoms with van der Waals surface area (Å²) in [5.41, 5.74) is 1.68. The van der Waals surface area contributed by atoms with E-state index in [4.69, 9.17) is 0 Å². The highest BCUT2D eigenvalue weighted by atomic mass is 32.2. The van der Waals surface area contributed by atoms with Crippen LogP contribution >= 0.6 is 11.8 Å². The smallest absolute Gasteiger partial charge is 0.246 e. The molecule has 2 aromatic carbocycles. The van der Waals surface area contributed by atoms with E-state index in [1.165, 1.54) is 6.07 Å². The third-order valence-corrected chi connectivity index (χ3v) is 6.16. The van der Waals surface area contributed by atoms with Crippen molar-refractivity contribution >= 4 is 29.7 Å². The summed E-state index contributed by atoms with van der Waals surface area (Å²) in [4.78, 5) is 26.5. The molecule has 1 aliphatic rings. The Bertz CT molecular complexity index is 865. The number of hydrogen-bond donors (Lipinski definition) is 1. The first-order valence-corrected chi connectivity index (χ1v) is 11.4. The molecule has 6 heteroatoms. The van der Waals surface area contributed by atoms with Crippen molar-refractivity contribution in [3.8, 4) is 0 Å². The predicted molar refractivity (Wildman–Crippen MR) is 120 cm³/mol. The van der Waals surface area contributed by atoms with E-state index in [0.29, 0.717) is 43.8 Å². The molecule has 0 saturated carbocycles. The van der Waals surface area contributed by atoms with Crippen molar-refractivity contribution < 1.29 is 14.0 Å². The molecular weight excluding hydrogens is 399 g/mol. The normalized spacial score (nSPS) is 14.8. The lowest BCUT2D eigenvalue weighted by molar-refractivity contribution is -0.132. The fraction of sp³-hybridized carbons (Fsp3) is 0.333. The number of halogens is 1. The maximum Gasteiger partial charge on any atom is 0.246 e. The van der Waals surface area contributed by atoms with E-state index < -0.39 is 0 Å². The van der Waals surface area contributed by atoms with Gasteiger partial charge in [-0.15, -0.1) is 0 Å². The van der Waals surface area contributed by atoms with Crippen molar-refractivity contribution in [2.75, 3.05) is 25.4 Å². The van der Waals surface area contributed by atoms with Gasteiger partial charge in [0.25, 0.3) is 0 Å². The van der Waals surface area contributed by atoms with Gasteiger partial charge in [-0.2, -0.15) is 11.8 Å². The Kier molecular flexibility index (Phi) is 8.51. The largest absolute Gasteiger partial charge is 0.355 e. The fourth-order valence-corrected chi connectivity index (χ4v) is 4.23. The van der Waals surface area contributed by atoms with Crippen LogP contribution in [0.5, 0.6) is 0 Å². The van der Waals surface area contributed by atoms with Crippen LogP contribution in [0, 0.1) is 11.7 Å². The van der Waals surface area contributed by atoms with Gasteiger partial charge in [0.05, 0.1) is 0 Å². The zero-order valence-electron chi connectivity index (χ0n) is 16.9. The van der Waals surface area contributed by atoms with Gasteiger partial charge in [-0.25, -0.2) is 4.39 Å². The fourth-order valence-electron chi connectivity index (χ4n) is 3.39. The summed E-state index contributed by atoms with van der Waals surface area (Å²) in [5, 5.41) is 2.97. The van der Waals surface area contributed by atoms with Gasteiger partial charge in [-0.3, -0.25) is 9.59 Å². The molecule has 0 atom stereocenters. The number of benzene rings is 2. The third-order valence-electron chi connectivity index (χ3n) is 5.16. The van der Waals surface area contributed by atoms with Crippen molar-refractivity contribution in [3.63, 3.8) is 0 Å². The second-order valence-corrected chi connectivity index (χ2v) is 8.38. The number of piperidine rings is 1. The van der Waals surface area contributed by atoms with Gasteiger partial charge >= 0.3 is 0 Å². The quantitative estimate of drug-likeness (QED) is 0.510. The Morgan fingerprint density at radius 2 is 1.77 bits per heavy atom. The molecule has 0 radical (unpaired) electrons. The SMILES string of the molecule is O=C(NCCSCc1ccccc1F)C1CCN(C(=O)/C=C/c2ccccc2)CC1. The van der Waals surface area contributed by atoms with E-state index >= 15 is 0 Å². The van der Waals surface area contributed by atoms with Crippen LogP contribution in [0.3, 0.4) is 0 Å². The molecule has 0 unspecified atom stereocenters. The second-order valence-electron chi connectivity index (χ2n) is 7.28. The molecule has 4 nitrogen and oxygen atoms in total. The van der Waals surface area contributed by atoms with E-state index in [1.807, 2.05) is 42.5 Å². The van der Waals surface area contributed by atoms with Gasteiger partial charge in [-0.05, 0) is 36.1 Å². The minimum atomic E-state index is -0.186. The maximum atomic E-state index is 13.6. The lowest BCUT2D eigenvalue weighted by Gasteiger charge is -2.30. The zero-order chi connectivity index (χ0) is 21.2. The number of nitrogens with one attached hydrogen (secondary N) is 1. The summed E-state index contributed by atoms with van der Waals surface area (Å²) in [6, 6.07) is 16.5. The standard InChI is InChI=1S/C24H27FN2O2S/c25-22-9-5-4-8-21(22)18-30-17-14-26-24(29)20-12-15-27(16-13-20)23(28)11-10-19-6-2-1-3-7-19/h1-11,20H,12-18H2,(H,26,29)/b11-10+. The van der Waals surface area contributed by atoms with E-state index in [2.05, 4.69) is 5.32 Å². The van der Waals surface area contributed by atoms with Crippen LogP contribution in [-0.2, 0) is 15.3 Å². The molecule has 1 fully saturated rings. The monoisotopic (exact) mass is 426 g/mol. The summed E-state index contributed by atoms with van der Waals surface area (Å²) in [5.74, 6) is 1.13. The highest BCUT2D eigenvalue weighted by Gasteiger charge is 2.26. The van der Waals surface area contributed by atoms with Crippen LogP contribution < -0.4 is 5.32 Å². The molecule has 30 heavy (non-hydrogen) atoms. The number of thioether (sulfide) groups is 1. The average molecular weight is 427 g/mol. The lowest BCUT2D eigenvalue weighted by atomic mass is 9.96. The first-order chi connectivity index (χ1) is 14.6. The number of carbonyl (C=O) groups excluding carboxylic acids is 2. The van der Waals surface area contributed by atoms with Crippen LogP contribution in [0.1, 0.15) is 24.0 Å². The molecule has 3 rings (SSSR count). The van der Waals surface area contributed by atoms with E-state index in [9.17, 15) is 14.0 Å². The first kappa shape index (κ1) is 22.1. The third kappa shape index (κ3) is 6.73. The van der Waals surface area contributed by atoms with E-state index in [-0.39, 0.29) is 23.5 Å². The summed E-state index contributed by atoms with van der Waals surface area (Å²) in [6.45, 7) is 1.76. The van der Waals surface area contributed by atoms with Crippen molar-refractivity contribution in [2.24, 2.45) is 5.92 Å². The Morgan fingerprint density at radius 1 is 1.07 bits per heavy atom. The van der Waals surface area contributed by atoms with Crippen molar-refractivity contribution in [1.82, 2.24) is 10.2 Å². The lowest BCUT2D eigenvalue weighted by Crippen LogP contribution is -2.42. The molecule has 0 spiro atoms. The number of likely N-dealkylation sites (tertiary alicyclic amines) is 1. The van der Waals surface area contributed by atoms with Gasteiger partial charge in [-0.1, -0.05) is 48.5 Å². The van der Waals surface area contributed by atoms with Gasteiger partial charge in [0.2, 0.25) is 11.8 Å².